The molecule has 1 aromatic carbocycles. The molecule has 10 heteroatoms. The number of hydrogen-bond donors (Lipinski definition) is 1. The minimum Gasteiger partial charge on any atom is -0.488 e. The monoisotopic (exact) mass is 487 g/mol. The second-order valence-electron chi connectivity index (χ2n) is 9.28. The summed E-state index contributed by atoms with van der Waals surface area (Å²) in [7, 11) is 0. The maximum atomic E-state index is 6.55. The molecule has 0 amide bonds. The zero-order valence-electron chi connectivity index (χ0n) is 20.3. The summed E-state index contributed by atoms with van der Waals surface area (Å²) in [5.41, 5.74) is 4.49. The van der Waals surface area contributed by atoms with Gasteiger partial charge in [0, 0.05) is 43.3 Å². The lowest BCUT2D eigenvalue weighted by atomic mass is 9.93. The van der Waals surface area contributed by atoms with E-state index in [0.29, 0.717) is 11.9 Å². The van der Waals surface area contributed by atoms with Crippen LogP contribution in [0.1, 0.15) is 31.4 Å². The van der Waals surface area contributed by atoms with Gasteiger partial charge in [-0.2, -0.15) is 0 Å². The Morgan fingerprint density at radius 3 is 2.64 bits per heavy atom. The minimum atomic E-state index is 0.141. The molecule has 4 heterocycles. The highest BCUT2D eigenvalue weighted by atomic mass is 16.5. The Balaban J connectivity index is 1.11. The van der Waals surface area contributed by atoms with E-state index in [1.807, 2.05) is 19.1 Å². The lowest BCUT2D eigenvalue weighted by Crippen LogP contribution is -2.36. The van der Waals surface area contributed by atoms with Crippen LogP contribution in [0, 0.1) is 6.92 Å². The molecule has 1 aliphatic heterocycles. The highest BCUT2D eigenvalue weighted by Gasteiger charge is 2.24. The predicted octanol–water partition coefficient (Wildman–Crippen LogP) is 4.02. The van der Waals surface area contributed by atoms with Crippen LogP contribution in [0.4, 0.5) is 11.5 Å². The van der Waals surface area contributed by atoms with Gasteiger partial charge in [0.15, 0.2) is 0 Å². The van der Waals surface area contributed by atoms with Crippen molar-refractivity contribution < 1.29 is 13.9 Å². The molecule has 2 fully saturated rings. The highest BCUT2D eigenvalue weighted by Crippen LogP contribution is 2.33. The molecular formula is C26H29N7O3. The fraction of sp³-hybridized carbons (Fsp3) is 0.423. The Morgan fingerprint density at radius 2 is 1.86 bits per heavy atom. The molecule has 1 N–H and O–H groups in total. The zero-order chi connectivity index (χ0) is 24.3. The van der Waals surface area contributed by atoms with Gasteiger partial charge in [0.2, 0.25) is 12.3 Å². The molecule has 0 radical (unpaired) electrons. The predicted molar refractivity (Wildman–Crippen MR) is 135 cm³/mol. The average Bonchev–Trinajstić information content (AvgIpc) is 3.45. The molecular weight excluding hydrogens is 458 g/mol. The number of morpholine rings is 1. The van der Waals surface area contributed by atoms with Crippen molar-refractivity contribution >= 4 is 22.5 Å². The molecule has 1 saturated heterocycles. The maximum Gasteiger partial charge on any atom is 0.249 e. The van der Waals surface area contributed by atoms with Gasteiger partial charge in [-0.1, -0.05) is 0 Å². The highest BCUT2D eigenvalue weighted by molar-refractivity contribution is 5.85. The maximum absolute atomic E-state index is 6.55. The van der Waals surface area contributed by atoms with Crippen LogP contribution in [0.25, 0.3) is 22.5 Å². The third-order valence-corrected chi connectivity index (χ3v) is 6.90. The van der Waals surface area contributed by atoms with Crippen molar-refractivity contribution in [3.63, 3.8) is 0 Å². The Morgan fingerprint density at radius 1 is 1.03 bits per heavy atom. The van der Waals surface area contributed by atoms with Crippen molar-refractivity contribution in [1.29, 1.82) is 0 Å². The van der Waals surface area contributed by atoms with E-state index in [-0.39, 0.29) is 6.10 Å². The first-order chi connectivity index (χ1) is 17.7. The summed E-state index contributed by atoms with van der Waals surface area (Å²) in [5, 5.41) is 11.3. The second kappa shape index (κ2) is 10.1. The fourth-order valence-electron chi connectivity index (χ4n) is 4.99. The van der Waals surface area contributed by atoms with Crippen LogP contribution >= 0.6 is 0 Å². The Labute approximate surface area is 209 Å². The summed E-state index contributed by atoms with van der Waals surface area (Å²) in [4.78, 5) is 16.1. The van der Waals surface area contributed by atoms with Gasteiger partial charge >= 0.3 is 0 Å². The molecule has 6 rings (SSSR count). The van der Waals surface area contributed by atoms with E-state index in [0.717, 1.165) is 91.5 Å². The van der Waals surface area contributed by atoms with E-state index in [1.165, 1.54) is 6.39 Å². The van der Waals surface area contributed by atoms with Crippen LogP contribution in [-0.4, -0.2) is 63.6 Å². The lowest BCUT2D eigenvalue weighted by molar-refractivity contribution is 0.122. The third kappa shape index (κ3) is 4.81. The van der Waals surface area contributed by atoms with E-state index in [1.54, 1.807) is 12.4 Å². The number of anilines is 2. The number of fused-ring (bicyclic) bond motifs is 1. The summed E-state index contributed by atoms with van der Waals surface area (Å²) in [6.07, 6.45) is 8.85. The van der Waals surface area contributed by atoms with Gasteiger partial charge < -0.3 is 24.1 Å². The summed E-state index contributed by atoms with van der Waals surface area (Å²) >= 11 is 0. The van der Waals surface area contributed by atoms with Gasteiger partial charge in [-0.3, -0.25) is 4.98 Å². The first-order valence-electron chi connectivity index (χ1n) is 12.5. The number of aromatic nitrogens is 5. The normalized spacial score (nSPS) is 20.4. The molecule has 3 aromatic heterocycles. The number of aryl methyl sites for hydroxylation is 1. The number of ether oxygens (including phenoxy) is 2. The van der Waals surface area contributed by atoms with Crippen LogP contribution < -0.4 is 15.0 Å². The van der Waals surface area contributed by atoms with E-state index in [4.69, 9.17) is 18.9 Å². The lowest BCUT2D eigenvalue weighted by Gasteiger charge is -2.31. The van der Waals surface area contributed by atoms with Gasteiger partial charge in [0.1, 0.15) is 17.1 Å². The van der Waals surface area contributed by atoms with Crippen LogP contribution in [0.3, 0.4) is 0 Å². The fourth-order valence-corrected chi connectivity index (χ4v) is 4.99. The van der Waals surface area contributed by atoms with Crippen molar-refractivity contribution in [2.75, 3.05) is 36.5 Å². The van der Waals surface area contributed by atoms with Crippen molar-refractivity contribution in [2.24, 2.45) is 0 Å². The summed E-state index contributed by atoms with van der Waals surface area (Å²) < 4.78 is 17.4. The van der Waals surface area contributed by atoms with E-state index < -0.39 is 0 Å². The molecule has 10 nitrogen and oxygen atoms in total. The van der Waals surface area contributed by atoms with E-state index in [2.05, 4.69) is 42.5 Å². The third-order valence-electron chi connectivity index (χ3n) is 6.90. The second-order valence-corrected chi connectivity index (χ2v) is 9.28. The smallest absolute Gasteiger partial charge is 0.249 e. The molecule has 0 atom stereocenters. The van der Waals surface area contributed by atoms with Gasteiger partial charge in [-0.05, 0) is 50.8 Å². The molecule has 1 aliphatic carbocycles. The van der Waals surface area contributed by atoms with Crippen LogP contribution in [0.2, 0.25) is 0 Å². The van der Waals surface area contributed by atoms with E-state index >= 15 is 0 Å². The Bertz CT molecular complexity index is 1320. The van der Waals surface area contributed by atoms with Crippen molar-refractivity contribution in [3.05, 3.63) is 48.7 Å². The molecule has 4 aromatic rings. The summed E-state index contributed by atoms with van der Waals surface area (Å²) in [6, 6.07) is 8.50. The number of hydrogen-bond acceptors (Lipinski definition) is 10. The molecule has 0 unspecified atom stereocenters. The summed E-state index contributed by atoms with van der Waals surface area (Å²) in [6.45, 7) is 5.16. The van der Waals surface area contributed by atoms with Crippen molar-refractivity contribution in [1.82, 2.24) is 25.1 Å². The quantitative estimate of drug-likeness (QED) is 0.428. The molecule has 2 aliphatic rings. The van der Waals surface area contributed by atoms with Gasteiger partial charge in [-0.15, -0.1) is 10.2 Å². The first kappa shape index (κ1) is 22.7. The van der Waals surface area contributed by atoms with Crippen LogP contribution in [0.15, 0.2) is 47.5 Å². The van der Waals surface area contributed by atoms with Gasteiger partial charge in [-0.25, -0.2) is 9.97 Å². The number of nitrogens with zero attached hydrogens (tertiary/aromatic N) is 6. The van der Waals surface area contributed by atoms with Crippen molar-refractivity contribution in [2.45, 2.75) is 44.8 Å². The number of pyridine rings is 1. The number of nitrogens with one attached hydrogen (secondary N) is 1. The largest absolute Gasteiger partial charge is 0.488 e. The Hall–Kier alpha value is -3.79. The topological polar surface area (TPSA) is 111 Å². The zero-order valence-corrected chi connectivity index (χ0v) is 20.3. The van der Waals surface area contributed by atoms with Gasteiger partial charge in [0.25, 0.3) is 0 Å². The molecule has 186 valence electrons. The van der Waals surface area contributed by atoms with Gasteiger partial charge in [0.05, 0.1) is 36.1 Å². The van der Waals surface area contributed by atoms with Crippen LogP contribution in [-0.2, 0) is 4.74 Å². The van der Waals surface area contributed by atoms with Crippen LogP contribution in [0.5, 0.6) is 5.75 Å². The molecule has 1 saturated carbocycles. The molecule has 0 spiro atoms. The Kier molecular flexibility index (Phi) is 6.33. The number of benzene rings is 1. The minimum absolute atomic E-state index is 0.141. The van der Waals surface area contributed by atoms with E-state index in [9.17, 15) is 0 Å². The number of rotatable bonds is 6. The SMILES string of the molecule is Cc1nc(N[C@H]2CC[C@@H](Oc3cc(N4CCOCC4)cc4nccnc34)CC2)ccc1-c1nnco1. The molecule has 0 bridgehead atoms. The summed E-state index contributed by atoms with van der Waals surface area (Å²) in [5.74, 6) is 2.16. The standard InChI is InChI=1S/C26H29N7O3/c1-17-21(26-32-29-16-35-26)6-7-24(30-17)31-18-2-4-20(5-3-18)36-23-15-19(33-10-12-34-13-11-33)14-22-25(23)28-9-8-27-22/h6-9,14-16,18,20H,2-5,10-13H2,1H3,(H,30,31)/t18-,20+. The molecule has 36 heavy (non-hydrogen) atoms. The average molecular weight is 488 g/mol. The first-order valence-corrected chi connectivity index (χ1v) is 12.5. The van der Waals surface area contributed by atoms with Crippen molar-refractivity contribution in [3.8, 4) is 17.2 Å².